The van der Waals surface area contributed by atoms with Crippen molar-refractivity contribution in [3.8, 4) is 0 Å². The molecule has 0 aromatic heterocycles. The first-order chi connectivity index (χ1) is 34.3. The van der Waals surface area contributed by atoms with Gasteiger partial charge in [-0.2, -0.15) is 0 Å². The first kappa shape index (κ1) is 60.3. The topological polar surface area (TPSA) is 194 Å². The average Bonchev–Trinajstić information content (AvgIpc) is 3.34. The van der Waals surface area contributed by atoms with Gasteiger partial charge in [-0.15, -0.1) is 0 Å². The number of nitrogens with zero attached hydrogens (tertiary/aromatic N) is 1. The Morgan fingerprint density at radius 3 is 2.21 bits per heavy atom. The Morgan fingerprint density at radius 2 is 1.58 bits per heavy atom. The van der Waals surface area contributed by atoms with E-state index < -0.39 is 92.0 Å². The number of fused-ring (bicyclic) bond motifs is 3. The summed E-state index contributed by atoms with van der Waals surface area (Å²) in [5.41, 5.74) is 2.73. The van der Waals surface area contributed by atoms with Gasteiger partial charge in [0.15, 0.2) is 8.32 Å². The van der Waals surface area contributed by atoms with Gasteiger partial charge in [0, 0.05) is 52.0 Å². The molecule has 16 heteroatoms. The van der Waals surface area contributed by atoms with E-state index in [1.165, 1.54) is 4.90 Å². The SMILES string of the molecule is CCC1/C=C(\C)CC(C)CC(OC)C2OC(O)(C(=O)C(=O)N3CCCCC3C(=O)OC(C(C)=CC3CCC(OCc4cccc(C(=O)O)c4)C(OC)C3)C(C)C(O[Si](C)(C)C(C)(C)C)CC1=O)C(C)CC2OC. The number of benzene rings is 1. The van der Waals surface area contributed by atoms with Crippen LogP contribution >= 0.6 is 0 Å². The number of cyclic esters (lactones) is 1. The minimum atomic E-state index is -2.58. The van der Waals surface area contributed by atoms with Crippen LogP contribution in [0.5, 0.6) is 0 Å². The highest BCUT2D eigenvalue weighted by Crippen LogP contribution is 2.42. The van der Waals surface area contributed by atoms with Crippen molar-refractivity contribution in [1.29, 1.82) is 0 Å². The average molecular weight is 1040 g/mol. The molecular formula is C57H89NO14Si. The second kappa shape index (κ2) is 26.0. The van der Waals surface area contributed by atoms with E-state index in [9.17, 15) is 29.4 Å². The maximum Gasteiger partial charge on any atom is 0.335 e. The standard InChI is InChI=1S/C57H89NO14Si/c1-15-41-26-34(2)25-35(3)27-48(67-11)51-49(68-12)29-37(5)57(65,71-51)52(60)53(61)58-24-17-16-21-43(58)55(64)70-50(38(6)46(32-44(41)59)72-73(13,14)56(7,8)9)36(4)28-39-22-23-45(47(31-39)66-10)69-33-40-19-18-20-42(30-40)54(62)63/h18-20,26,28,30,35,37-39,41,43,45-51,65H,15-17,21-25,27,29,31-33H2,1-14H3,(H,62,63)/b34-26+,36-28?. The zero-order chi connectivity index (χ0) is 54.2. The predicted octanol–water partition coefficient (Wildman–Crippen LogP) is 9.43. The van der Waals surface area contributed by atoms with Crippen LogP contribution in [0.4, 0.5) is 0 Å². The molecule has 1 amide bonds. The summed E-state index contributed by atoms with van der Waals surface area (Å²) >= 11 is 0. The van der Waals surface area contributed by atoms with E-state index in [1.54, 1.807) is 46.5 Å². The number of amides is 1. The number of hydrogen-bond acceptors (Lipinski definition) is 13. The Labute approximate surface area is 436 Å². The Bertz CT molecular complexity index is 2130. The third-order valence-corrected chi connectivity index (χ3v) is 21.2. The second-order valence-corrected chi connectivity index (χ2v) is 28.0. The molecule has 2 bridgehead atoms. The summed E-state index contributed by atoms with van der Waals surface area (Å²) in [7, 11) is 2.17. The maximum absolute atomic E-state index is 15.0. The number of Topliss-reactive ketones (excluding diaryl/α,β-unsaturated/α-hetero) is 2. The number of piperidine rings is 1. The van der Waals surface area contributed by atoms with Crippen LogP contribution in [0, 0.1) is 29.6 Å². The molecule has 1 aromatic rings. The third kappa shape index (κ3) is 14.9. The largest absolute Gasteiger partial charge is 0.478 e. The van der Waals surface area contributed by atoms with Crippen LogP contribution in [0.1, 0.15) is 149 Å². The van der Waals surface area contributed by atoms with Crippen molar-refractivity contribution in [2.24, 2.45) is 29.6 Å². The molecule has 1 saturated carbocycles. The molecule has 15 nitrogen and oxygen atoms in total. The lowest BCUT2D eigenvalue weighted by Gasteiger charge is -2.47. The number of rotatable bonds is 12. The number of esters is 1. The normalized spacial score (nSPS) is 35.1. The van der Waals surface area contributed by atoms with Crippen molar-refractivity contribution in [2.45, 2.75) is 212 Å². The molecule has 0 spiro atoms. The second-order valence-electron chi connectivity index (χ2n) is 23.3. The van der Waals surface area contributed by atoms with Gasteiger partial charge in [0.1, 0.15) is 24.0 Å². The number of aromatic carboxylic acids is 1. The van der Waals surface area contributed by atoms with E-state index in [1.807, 2.05) is 33.8 Å². The minimum Gasteiger partial charge on any atom is -0.478 e. The molecule has 4 aliphatic rings. The molecule has 2 saturated heterocycles. The van der Waals surface area contributed by atoms with Gasteiger partial charge in [0.2, 0.25) is 5.79 Å². The van der Waals surface area contributed by atoms with E-state index in [0.29, 0.717) is 44.9 Å². The number of carboxylic acids is 1. The highest BCUT2D eigenvalue weighted by molar-refractivity contribution is 6.74. The summed E-state index contributed by atoms with van der Waals surface area (Å²) in [6.45, 7) is 22.8. The zero-order valence-corrected chi connectivity index (χ0v) is 47.4. The summed E-state index contributed by atoms with van der Waals surface area (Å²) in [6.07, 6.45) is 5.36. The van der Waals surface area contributed by atoms with E-state index >= 15 is 4.79 Å². The quantitative estimate of drug-likeness (QED) is 0.0870. The number of carboxylic acid groups (broad SMARTS) is 1. The van der Waals surface area contributed by atoms with Gasteiger partial charge in [-0.05, 0) is 131 Å². The van der Waals surface area contributed by atoms with Gasteiger partial charge in [-0.25, -0.2) is 9.59 Å². The Kier molecular flexibility index (Phi) is 21.4. The molecule has 3 aliphatic heterocycles. The van der Waals surface area contributed by atoms with Crippen molar-refractivity contribution in [2.75, 3.05) is 27.9 Å². The van der Waals surface area contributed by atoms with Crippen LogP contribution in [-0.4, -0.2) is 135 Å². The van der Waals surface area contributed by atoms with Gasteiger partial charge in [0.05, 0.1) is 42.7 Å². The molecule has 73 heavy (non-hydrogen) atoms. The minimum absolute atomic E-state index is 0.0135. The van der Waals surface area contributed by atoms with Gasteiger partial charge in [-0.3, -0.25) is 14.4 Å². The van der Waals surface area contributed by atoms with Crippen LogP contribution in [0.15, 0.2) is 47.6 Å². The number of ketones is 2. The van der Waals surface area contributed by atoms with Crippen LogP contribution in [0.2, 0.25) is 18.1 Å². The highest BCUT2D eigenvalue weighted by Gasteiger charge is 2.57. The monoisotopic (exact) mass is 1040 g/mol. The number of allylic oxidation sites excluding steroid dienone is 3. The van der Waals surface area contributed by atoms with E-state index in [2.05, 4.69) is 52.9 Å². The lowest BCUT2D eigenvalue weighted by atomic mass is 9.81. The van der Waals surface area contributed by atoms with E-state index in [-0.39, 0.29) is 72.8 Å². The fraction of sp³-hybridized carbons (Fsp3) is 0.737. The molecule has 3 fully saturated rings. The van der Waals surface area contributed by atoms with Crippen LogP contribution in [0.25, 0.3) is 0 Å². The van der Waals surface area contributed by atoms with Gasteiger partial charge in [0.25, 0.3) is 11.7 Å². The maximum atomic E-state index is 15.0. The van der Waals surface area contributed by atoms with Crippen molar-refractivity contribution < 1.29 is 67.0 Å². The zero-order valence-electron chi connectivity index (χ0n) is 46.4. The molecule has 1 aliphatic carbocycles. The first-order valence-electron chi connectivity index (χ1n) is 26.8. The fourth-order valence-corrected chi connectivity index (χ4v) is 12.7. The number of hydrogen-bond donors (Lipinski definition) is 2. The van der Waals surface area contributed by atoms with Gasteiger partial charge in [-0.1, -0.05) is 78.3 Å². The van der Waals surface area contributed by atoms with Crippen molar-refractivity contribution >= 4 is 37.7 Å². The molecule has 14 unspecified atom stereocenters. The van der Waals surface area contributed by atoms with Gasteiger partial charge >= 0.3 is 11.9 Å². The Hall–Kier alpha value is -3.61. The Morgan fingerprint density at radius 1 is 0.904 bits per heavy atom. The lowest BCUT2D eigenvalue weighted by Crippen LogP contribution is -2.64. The number of methoxy groups -OCH3 is 3. The van der Waals surface area contributed by atoms with Crippen LogP contribution < -0.4 is 0 Å². The number of carbonyl (C=O) groups excluding carboxylic acids is 4. The highest BCUT2D eigenvalue weighted by atomic mass is 28.4. The Balaban J connectivity index is 1.57. The van der Waals surface area contributed by atoms with E-state index in [0.717, 1.165) is 23.1 Å². The molecule has 1 aromatic carbocycles. The van der Waals surface area contributed by atoms with Gasteiger partial charge < -0.3 is 48.0 Å². The van der Waals surface area contributed by atoms with E-state index in [4.69, 9.17) is 32.8 Å². The number of aliphatic hydroxyl groups is 1. The summed E-state index contributed by atoms with van der Waals surface area (Å²) < 4.78 is 44.6. The smallest absolute Gasteiger partial charge is 0.335 e. The molecule has 2 N–H and O–H groups in total. The number of ether oxygens (including phenoxy) is 6. The molecule has 410 valence electrons. The summed E-state index contributed by atoms with van der Waals surface area (Å²) in [5.74, 6) is -8.12. The molecule has 5 rings (SSSR count). The summed E-state index contributed by atoms with van der Waals surface area (Å²) in [6, 6.07) is 5.56. The van der Waals surface area contributed by atoms with Crippen molar-refractivity contribution in [3.05, 3.63) is 58.7 Å². The summed E-state index contributed by atoms with van der Waals surface area (Å²) in [5, 5.41) is 21.6. The first-order valence-corrected chi connectivity index (χ1v) is 29.7. The molecule has 3 heterocycles. The molecular weight excluding hydrogens is 951 g/mol. The lowest BCUT2D eigenvalue weighted by molar-refractivity contribution is -0.302. The molecule has 0 radical (unpaired) electrons. The van der Waals surface area contributed by atoms with Crippen LogP contribution in [-0.2, 0) is 58.6 Å². The van der Waals surface area contributed by atoms with Crippen molar-refractivity contribution in [1.82, 2.24) is 4.90 Å². The fourth-order valence-electron chi connectivity index (χ4n) is 11.3. The number of carbonyl (C=O) groups is 5. The van der Waals surface area contributed by atoms with Crippen LogP contribution in [0.3, 0.4) is 0 Å². The predicted molar refractivity (Wildman–Crippen MR) is 280 cm³/mol. The molecule has 14 atom stereocenters. The summed E-state index contributed by atoms with van der Waals surface area (Å²) in [4.78, 5) is 71.9. The van der Waals surface area contributed by atoms with Crippen molar-refractivity contribution in [3.63, 3.8) is 0 Å². The third-order valence-electron chi connectivity index (χ3n) is 16.7.